The van der Waals surface area contributed by atoms with Crippen LogP contribution < -0.4 is 10.1 Å². The van der Waals surface area contributed by atoms with Gasteiger partial charge in [0.15, 0.2) is 0 Å². The summed E-state index contributed by atoms with van der Waals surface area (Å²) in [5.41, 5.74) is 3.11. The zero-order chi connectivity index (χ0) is 14.6. The first-order chi connectivity index (χ1) is 10.1. The molecule has 2 nitrogen and oxygen atoms in total. The average Bonchev–Trinajstić information content (AvgIpc) is 2.48. The van der Waals surface area contributed by atoms with Crippen molar-refractivity contribution in [2.45, 2.75) is 25.3 Å². The van der Waals surface area contributed by atoms with Gasteiger partial charge in [0.25, 0.3) is 0 Å². The van der Waals surface area contributed by atoms with Gasteiger partial charge >= 0.3 is 0 Å². The number of halogens is 1. The molecular weight excluding hydrogens is 265 g/mol. The third-order valence-electron chi connectivity index (χ3n) is 4.99. The van der Waals surface area contributed by atoms with Gasteiger partial charge in [-0.2, -0.15) is 0 Å². The second-order valence-electron chi connectivity index (χ2n) is 6.49. The van der Waals surface area contributed by atoms with Crippen LogP contribution in [0, 0.1) is 11.7 Å². The highest BCUT2D eigenvalue weighted by Crippen LogP contribution is 2.51. The largest absolute Gasteiger partial charge is 0.493 e. The van der Waals surface area contributed by atoms with Crippen molar-refractivity contribution in [2.24, 2.45) is 5.92 Å². The first kappa shape index (κ1) is 12.7. The minimum Gasteiger partial charge on any atom is -0.493 e. The Morgan fingerprint density at radius 2 is 2.00 bits per heavy atom. The lowest BCUT2D eigenvalue weighted by molar-refractivity contribution is 0.135. The van der Waals surface area contributed by atoms with Crippen molar-refractivity contribution >= 4 is 5.69 Å². The van der Waals surface area contributed by atoms with Crippen LogP contribution >= 0.6 is 0 Å². The molecule has 0 bridgehead atoms. The maximum Gasteiger partial charge on any atom is 0.124 e. The molecule has 0 saturated carbocycles. The number of anilines is 1. The fourth-order valence-corrected chi connectivity index (χ4v) is 3.71. The van der Waals surface area contributed by atoms with Crippen LogP contribution in [-0.2, 0) is 5.41 Å². The normalized spacial score (nSPS) is 24.9. The third kappa shape index (κ3) is 1.76. The molecule has 0 aromatic heterocycles. The number of rotatable bonds is 0. The Balaban J connectivity index is 1.88. The van der Waals surface area contributed by atoms with Crippen molar-refractivity contribution in [2.75, 3.05) is 11.9 Å². The zero-order valence-electron chi connectivity index (χ0n) is 12.2. The van der Waals surface area contributed by atoms with Gasteiger partial charge in [0.1, 0.15) is 11.6 Å². The van der Waals surface area contributed by atoms with Crippen molar-refractivity contribution in [1.82, 2.24) is 0 Å². The minimum absolute atomic E-state index is 0.138. The summed E-state index contributed by atoms with van der Waals surface area (Å²) >= 11 is 0. The molecule has 3 heteroatoms. The molecule has 0 spiro atoms. The highest BCUT2D eigenvalue weighted by Gasteiger charge is 2.46. The lowest BCUT2D eigenvalue weighted by Crippen LogP contribution is -2.46. The molecule has 0 aliphatic carbocycles. The molecule has 0 unspecified atom stereocenters. The van der Waals surface area contributed by atoms with E-state index < -0.39 is 0 Å². The number of nitrogens with one attached hydrogen (secondary N) is 1. The standard InChI is InChI=1S/C18H18FNO/c1-18(2)13-9-11(19)7-8-15(13)20-17-12-5-3-4-6-16(12)21-10-14(17)18/h3-9,14,17,20H,10H2,1-2H3/t14-,17-/m1/s1. The van der Waals surface area contributed by atoms with E-state index in [9.17, 15) is 4.39 Å². The van der Waals surface area contributed by atoms with E-state index in [-0.39, 0.29) is 23.2 Å². The Hall–Kier alpha value is -2.03. The quantitative estimate of drug-likeness (QED) is 0.779. The van der Waals surface area contributed by atoms with Gasteiger partial charge in [-0.3, -0.25) is 0 Å². The molecule has 2 atom stereocenters. The second-order valence-corrected chi connectivity index (χ2v) is 6.49. The molecule has 0 radical (unpaired) electrons. The van der Waals surface area contributed by atoms with E-state index in [1.165, 1.54) is 11.6 Å². The number of hydrogen-bond acceptors (Lipinski definition) is 2. The molecule has 2 aromatic rings. The summed E-state index contributed by atoms with van der Waals surface area (Å²) in [6, 6.07) is 13.4. The van der Waals surface area contributed by atoms with Gasteiger partial charge < -0.3 is 10.1 Å². The van der Waals surface area contributed by atoms with E-state index in [4.69, 9.17) is 4.74 Å². The van der Waals surface area contributed by atoms with Crippen LogP contribution in [-0.4, -0.2) is 6.61 Å². The number of ether oxygens (including phenoxy) is 1. The summed E-state index contributed by atoms with van der Waals surface area (Å²) in [6.45, 7) is 5.01. The molecule has 2 heterocycles. The molecule has 2 aliphatic rings. The number of para-hydroxylation sites is 1. The van der Waals surface area contributed by atoms with Crippen LogP contribution in [0.15, 0.2) is 42.5 Å². The van der Waals surface area contributed by atoms with Crippen LogP contribution in [0.25, 0.3) is 0 Å². The van der Waals surface area contributed by atoms with Gasteiger partial charge in [0.2, 0.25) is 0 Å². The van der Waals surface area contributed by atoms with Crippen molar-refractivity contribution in [3.05, 3.63) is 59.4 Å². The van der Waals surface area contributed by atoms with Gasteiger partial charge in [-0.1, -0.05) is 32.0 Å². The Morgan fingerprint density at radius 1 is 1.19 bits per heavy atom. The number of benzene rings is 2. The van der Waals surface area contributed by atoms with Crippen LogP contribution in [0.3, 0.4) is 0 Å². The Morgan fingerprint density at radius 3 is 2.86 bits per heavy atom. The minimum atomic E-state index is -0.181. The second kappa shape index (κ2) is 4.23. The molecule has 21 heavy (non-hydrogen) atoms. The summed E-state index contributed by atoms with van der Waals surface area (Å²) < 4.78 is 19.6. The summed E-state index contributed by atoms with van der Waals surface area (Å²) in [5.74, 6) is 1.05. The van der Waals surface area contributed by atoms with E-state index in [1.807, 2.05) is 24.3 Å². The van der Waals surface area contributed by atoms with Crippen LogP contribution in [0.5, 0.6) is 5.75 Å². The Bertz CT molecular complexity index is 710. The molecule has 4 rings (SSSR count). The van der Waals surface area contributed by atoms with Crippen LogP contribution in [0.1, 0.15) is 31.0 Å². The number of hydrogen-bond donors (Lipinski definition) is 1. The lowest BCUT2D eigenvalue weighted by atomic mass is 9.65. The molecule has 0 fully saturated rings. The van der Waals surface area contributed by atoms with Gasteiger partial charge in [0, 0.05) is 22.6 Å². The summed E-state index contributed by atoms with van der Waals surface area (Å²) in [5, 5.41) is 3.59. The smallest absolute Gasteiger partial charge is 0.124 e. The predicted octanol–water partition coefficient (Wildman–Crippen LogP) is 4.28. The molecule has 2 aromatic carbocycles. The summed E-state index contributed by atoms with van der Waals surface area (Å²) in [7, 11) is 0. The fraction of sp³-hybridized carbons (Fsp3) is 0.333. The summed E-state index contributed by atoms with van der Waals surface area (Å²) in [4.78, 5) is 0. The van der Waals surface area contributed by atoms with E-state index >= 15 is 0 Å². The molecule has 1 N–H and O–H groups in total. The fourth-order valence-electron chi connectivity index (χ4n) is 3.71. The molecule has 0 amide bonds. The lowest BCUT2D eigenvalue weighted by Gasteiger charge is -2.48. The SMILES string of the molecule is CC1(C)c2cc(F)ccc2N[C@@H]2c3ccccc3OC[C@H]21. The monoisotopic (exact) mass is 283 g/mol. The predicted molar refractivity (Wildman–Crippen MR) is 81.2 cm³/mol. The van der Waals surface area contributed by atoms with E-state index in [0.29, 0.717) is 6.61 Å². The van der Waals surface area contributed by atoms with Crippen molar-refractivity contribution < 1.29 is 9.13 Å². The van der Waals surface area contributed by atoms with E-state index in [2.05, 4.69) is 25.2 Å². The van der Waals surface area contributed by atoms with Crippen LogP contribution in [0.4, 0.5) is 10.1 Å². The Kier molecular flexibility index (Phi) is 2.56. The average molecular weight is 283 g/mol. The first-order valence-electron chi connectivity index (χ1n) is 7.35. The van der Waals surface area contributed by atoms with Crippen molar-refractivity contribution in [3.63, 3.8) is 0 Å². The highest BCUT2D eigenvalue weighted by molar-refractivity contribution is 5.61. The van der Waals surface area contributed by atoms with E-state index in [0.717, 1.165) is 17.0 Å². The highest BCUT2D eigenvalue weighted by atomic mass is 19.1. The van der Waals surface area contributed by atoms with Crippen molar-refractivity contribution in [1.29, 1.82) is 0 Å². The molecule has 108 valence electrons. The topological polar surface area (TPSA) is 21.3 Å². The van der Waals surface area contributed by atoms with Crippen LogP contribution in [0.2, 0.25) is 0 Å². The van der Waals surface area contributed by atoms with E-state index in [1.54, 1.807) is 6.07 Å². The van der Waals surface area contributed by atoms with Gasteiger partial charge in [0.05, 0.1) is 12.6 Å². The van der Waals surface area contributed by atoms with Gasteiger partial charge in [-0.25, -0.2) is 4.39 Å². The molecule has 2 aliphatic heterocycles. The summed E-state index contributed by atoms with van der Waals surface area (Å²) in [6.07, 6.45) is 0. The van der Waals surface area contributed by atoms with Gasteiger partial charge in [-0.15, -0.1) is 0 Å². The first-order valence-corrected chi connectivity index (χ1v) is 7.35. The molecule has 0 saturated heterocycles. The maximum absolute atomic E-state index is 13.6. The Labute approximate surface area is 123 Å². The van der Waals surface area contributed by atoms with Crippen molar-refractivity contribution in [3.8, 4) is 5.75 Å². The van der Waals surface area contributed by atoms with Gasteiger partial charge in [-0.05, 0) is 29.8 Å². The molecular formula is C18H18FNO. The number of fused-ring (bicyclic) bond motifs is 4. The third-order valence-corrected chi connectivity index (χ3v) is 4.99. The zero-order valence-corrected chi connectivity index (χ0v) is 12.2. The maximum atomic E-state index is 13.6.